The Morgan fingerprint density at radius 3 is 1.89 bits per heavy atom. The van der Waals surface area contributed by atoms with Crippen LogP contribution >= 0.6 is 0 Å². The highest BCUT2D eigenvalue weighted by Gasteiger charge is 2.26. The van der Waals surface area contributed by atoms with Crippen molar-refractivity contribution in [3.05, 3.63) is 233 Å². The molecule has 0 saturated heterocycles. The van der Waals surface area contributed by atoms with E-state index in [1.54, 1.807) is 0 Å². The highest BCUT2D eigenvalue weighted by molar-refractivity contribution is 6.20. The third kappa shape index (κ3) is 6.96. The maximum absolute atomic E-state index is 2.50. The molecule has 0 heterocycles. The van der Waals surface area contributed by atoms with E-state index in [1.165, 1.54) is 88.7 Å². The van der Waals surface area contributed by atoms with E-state index in [1.807, 2.05) is 0 Å². The van der Waals surface area contributed by atoms with Gasteiger partial charge in [0.1, 0.15) is 0 Å². The van der Waals surface area contributed by atoms with Crippen molar-refractivity contribution in [2.24, 2.45) is 5.92 Å². The number of anilines is 5. The van der Waals surface area contributed by atoms with Crippen molar-refractivity contribution in [3.8, 4) is 11.1 Å². The van der Waals surface area contributed by atoms with Crippen molar-refractivity contribution in [3.63, 3.8) is 0 Å². The highest BCUT2D eigenvalue weighted by Crippen LogP contribution is 2.49. The summed E-state index contributed by atoms with van der Waals surface area (Å²) in [6.45, 7) is 4.33. The van der Waals surface area contributed by atoms with Crippen LogP contribution in [0.15, 0.2) is 205 Å². The second kappa shape index (κ2) is 16.0. The molecule has 0 amide bonds. The maximum atomic E-state index is 2.50. The zero-order valence-corrected chi connectivity index (χ0v) is 35.6. The van der Waals surface area contributed by atoms with Crippen LogP contribution < -0.4 is 9.80 Å². The lowest BCUT2D eigenvalue weighted by Gasteiger charge is -2.31. The van der Waals surface area contributed by atoms with Crippen LogP contribution in [0.25, 0.3) is 44.3 Å². The van der Waals surface area contributed by atoms with Gasteiger partial charge in [-0.2, -0.15) is 0 Å². The van der Waals surface area contributed by atoms with Crippen molar-refractivity contribution in [2.45, 2.75) is 46.0 Å². The van der Waals surface area contributed by atoms with Crippen LogP contribution in [0.4, 0.5) is 28.4 Å². The van der Waals surface area contributed by atoms with Crippen molar-refractivity contribution in [1.82, 2.24) is 0 Å². The lowest BCUT2D eigenvalue weighted by atomic mass is 9.78. The molecule has 0 aromatic heterocycles. The Hall–Kier alpha value is -7.16. The van der Waals surface area contributed by atoms with Gasteiger partial charge < -0.3 is 9.80 Å². The first-order chi connectivity index (χ1) is 30.6. The van der Waals surface area contributed by atoms with Gasteiger partial charge in [-0.3, -0.25) is 0 Å². The molecule has 62 heavy (non-hydrogen) atoms. The van der Waals surface area contributed by atoms with Gasteiger partial charge in [-0.15, -0.1) is 0 Å². The summed E-state index contributed by atoms with van der Waals surface area (Å²) in [5, 5.41) is 5.11. The van der Waals surface area contributed by atoms with Crippen molar-refractivity contribution >= 4 is 61.6 Å². The average molecular weight is 799 g/mol. The summed E-state index contributed by atoms with van der Waals surface area (Å²) in [4.78, 5) is 4.90. The second-order valence-electron chi connectivity index (χ2n) is 17.3. The minimum atomic E-state index is 0.347. The first-order valence-electron chi connectivity index (χ1n) is 22.3. The number of aryl methyl sites for hydroxylation is 3. The lowest BCUT2D eigenvalue weighted by molar-refractivity contribution is 0.794. The highest BCUT2D eigenvalue weighted by atomic mass is 15.2. The van der Waals surface area contributed by atoms with E-state index in [0.717, 1.165) is 49.2 Å². The first-order valence-corrected chi connectivity index (χ1v) is 22.3. The van der Waals surface area contributed by atoms with Gasteiger partial charge >= 0.3 is 0 Å². The number of fused-ring (bicyclic) bond motifs is 4. The minimum Gasteiger partial charge on any atom is -0.314 e. The Morgan fingerprint density at radius 1 is 0.484 bits per heavy atom. The van der Waals surface area contributed by atoms with E-state index in [0.29, 0.717) is 5.92 Å². The summed E-state index contributed by atoms with van der Waals surface area (Å²) in [6.07, 6.45) is 30.3. The Labute approximate surface area is 366 Å². The molecular formula is C60H50N2. The lowest BCUT2D eigenvalue weighted by Crippen LogP contribution is -2.17. The number of benzene rings is 7. The topological polar surface area (TPSA) is 6.48 Å². The third-order valence-electron chi connectivity index (χ3n) is 13.2. The molecule has 0 radical (unpaired) electrons. The van der Waals surface area contributed by atoms with Crippen molar-refractivity contribution in [2.75, 3.05) is 9.80 Å². The van der Waals surface area contributed by atoms with Gasteiger partial charge in [-0.05, 0) is 173 Å². The zero-order valence-electron chi connectivity index (χ0n) is 35.6. The fourth-order valence-electron chi connectivity index (χ4n) is 10.0. The maximum Gasteiger partial charge on any atom is 0.0468 e. The third-order valence-corrected chi connectivity index (χ3v) is 13.2. The van der Waals surface area contributed by atoms with Crippen LogP contribution in [0.1, 0.15) is 53.5 Å². The molecule has 0 saturated carbocycles. The summed E-state index contributed by atoms with van der Waals surface area (Å²) >= 11 is 0. The standard InChI is InChI=1S/C60H50N2/c1-41-21-29-51(30-22-41)61(49-17-5-3-6-18-49)53-33-35-55-57(39-53)59(47-27-25-43-13-9-11-15-45(43)37-47)56-36-34-54(62(50-19-7-4-8-20-50)52-31-23-42(2)24-32-52)40-58(56)60(55)48-28-26-44-14-10-12-16-46(44)38-48/h3-7,9-10,12-14,16-19,21-37,39-40,46H,8,11,15,20,38H2,1-2H3. The molecule has 2 nitrogen and oxygen atoms in total. The molecule has 1 atom stereocenters. The van der Waals surface area contributed by atoms with Gasteiger partial charge in [0.2, 0.25) is 0 Å². The van der Waals surface area contributed by atoms with Crippen LogP contribution in [-0.2, 0) is 6.42 Å². The van der Waals surface area contributed by atoms with E-state index in [4.69, 9.17) is 0 Å². The molecule has 7 aromatic carbocycles. The van der Waals surface area contributed by atoms with Gasteiger partial charge in [-0.1, -0.05) is 145 Å². The molecule has 0 fully saturated rings. The summed E-state index contributed by atoms with van der Waals surface area (Å²) < 4.78 is 0. The normalized spacial score (nSPS) is 16.4. The minimum absolute atomic E-state index is 0.347. The van der Waals surface area contributed by atoms with E-state index < -0.39 is 0 Å². The SMILES string of the molecule is Cc1ccc(N(C2=CC=CCC2)c2ccc3c(-c4ccc5c(c4)CCC=C5)c4cc(N(c5ccccc5)c5ccc(C)cc5)ccc4c(C4=CC=C5C=CC=CC5C4)c3c2)cc1. The molecule has 7 aromatic rings. The van der Waals surface area contributed by atoms with Crippen LogP contribution in [0.3, 0.4) is 0 Å². The molecule has 11 rings (SSSR count). The first kappa shape index (κ1) is 37.8. The van der Waals surface area contributed by atoms with Crippen LogP contribution in [0.5, 0.6) is 0 Å². The molecule has 1 unspecified atom stereocenters. The van der Waals surface area contributed by atoms with Gasteiger partial charge in [0.25, 0.3) is 0 Å². The van der Waals surface area contributed by atoms with Gasteiger partial charge in [0.15, 0.2) is 0 Å². The molecule has 0 aliphatic heterocycles. The summed E-state index contributed by atoms with van der Waals surface area (Å²) in [6, 6.07) is 50.5. The van der Waals surface area contributed by atoms with Gasteiger partial charge in [-0.25, -0.2) is 0 Å². The van der Waals surface area contributed by atoms with Gasteiger partial charge in [0.05, 0.1) is 0 Å². The second-order valence-corrected chi connectivity index (χ2v) is 17.3. The van der Waals surface area contributed by atoms with Crippen molar-refractivity contribution in [1.29, 1.82) is 0 Å². The molecule has 300 valence electrons. The number of hydrogen-bond donors (Lipinski definition) is 0. The predicted molar refractivity (Wildman–Crippen MR) is 266 cm³/mol. The van der Waals surface area contributed by atoms with Crippen molar-refractivity contribution < 1.29 is 0 Å². The van der Waals surface area contributed by atoms with Crippen LogP contribution in [-0.4, -0.2) is 0 Å². The average Bonchev–Trinajstić information content (AvgIpc) is 3.32. The molecule has 4 aliphatic rings. The molecule has 4 aliphatic carbocycles. The van der Waals surface area contributed by atoms with E-state index in [9.17, 15) is 0 Å². The molecule has 2 heteroatoms. The number of hydrogen-bond acceptors (Lipinski definition) is 2. The van der Waals surface area contributed by atoms with Gasteiger partial charge in [0, 0.05) is 40.1 Å². The molecular weight excluding hydrogens is 749 g/mol. The predicted octanol–water partition coefficient (Wildman–Crippen LogP) is 16.5. The zero-order chi connectivity index (χ0) is 41.6. The molecule has 0 N–H and O–H groups in total. The number of para-hydroxylation sites is 1. The fraction of sp³-hybridized carbons (Fsp3) is 0.133. The molecule has 0 spiro atoms. The van der Waals surface area contributed by atoms with E-state index in [2.05, 4.69) is 224 Å². The van der Waals surface area contributed by atoms with E-state index >= 15 is 0 Å². The van der Waals surface area contributed by atoms with Crippen LogP contribution in [0.2, 0.25) is 0 Å². The fourth-order valence-corrected chi connectivity index (χ4v) is 10.0. The van der Waals surface area contributed by atoms with E-state index in [-0.39, 0.29) is 0 Å². The molecule has 0 bridgehead atoms. The summed E-state index contributed by atoms with van der Waals surface area (Å²) in [5.74, 6) is 0.347. The quantitative estimate of drug-likeness (QED) is 0.141. The Kier molecular flexibility index (Phi) is 9.78. The number of nitrogens with zero attached hydrogens (tertiary/aromatic N) is 2. The largest absolute Gasteiger partial charge is 0.314 e. The van der Waals surface area contributed by atoms with Crippen LogP contribution in [0, 0.1) is 19.8 Å². The summed E-state index contributed by atoms with van der Waals surface area (Å²) in [7, 11) is 0. The Morgan fingerprint density at radius 2 is 1.15 bits per heavy atom. The number of allylic oxidation sites excluding steroid dienone is 13. The number of rotatable bonds is 8. The smallest absolute Gasteiger partial charge is 0.0468 e. The summed E-state index contributed by atoms with van der Waals surface area (Å²) in [5.41, 5.74) is 19.0. The Bertz CT molecular complexity index is 3090. The Balaban J connectivity index is 1.23. The monoisotopic (exact) mass is 798 g/mol.